The number of thiophene rings is 1. The molecule has 0 saturated carbocycles. The Hall–Kier alpha value is -2.38. The molecule has 0 aliphatic heterocycles. The second-order valence-electron chi connectivity index (χ2n) is 5.99. The number of nitrogens with two attached hydrogens (primary N) is 1. The van der Waals surface area contributed by atoms with Crippen molar-refractivity contribution in [3.63, 3.8) is 0 Å². The number of anilines is 1. The van der Waals surface area contributed by atoms with E-state index in [1.807, 2.05) is 18.2 Å². The van der Waals surface area contributed by atoms with Gasteiger partial charge in [-0.15, -0.1) is 11.3 Å². The lowest BCUT2D eigenvalue weighted by Gasteiger charge is -2.15. The molecule has 0 saturated heterocycles. The van der Waals surface area contributed by atoms with Gasteiger partial charge in [0.25, 0.3) is 0 Å². The predicted molar refractivity (Wildman–Crippen MR) is 107 cm³/mol. The first-order chi connectivity index (χ1) is 12.6. The fourth-order valence-electron chi connectivity index (χ4n) is 2.94. The highest BCUT2D eigenvalue weighted by Crippen LogP contribution is 2.35. The number of rotatable bonds is 7. The van der Waals surface area contributed by atoms with Crippen molar-refractivity contribution in [2.45, 2.75) is 26.8 Å². The third kappa shape index (κ3) is 3.45. The maximum Gasteiger partial charge on any atom is 0.139 e. The minimum absolute atomic E-state index is 0.522. The molecule has 0 aliphatic carbocycles. The van der Waals surface area contributed by atoms with E-state index < -0.39 is 0 Å². The average molecular weight is 372 g/mol. The number of nitrogens with one attached hydrogen (secondary N) is 1. The van der Waals surface area contributed by atoms with Gasteiger partial charge in [-0.25, -0.2) is 9.97 Å². The number of aryl methyl sites for hydroxylation is 2. The number of hydrogen-bond donors (Lipinski definition) is 2. The van der Waals surface area contributed by atoms with Crippen LogP contribution in [0.25, 0.3) is 10.2 Å². The van der Waals surface area contributed by atoms with E-state index in [1.54, 1.807) is 25.6 Å². The van der Waals surface area contributed by atoms with Crippen LogP contribution in [0.5, 0.6) is 11.5 Å². The lowest BCUT2D eigenvalue weighted by molar-refractivity contribution is 0.386. The van der Waals surface area contributed by atoms with Gasteiger partial charge in [-0.3, -0.25) is 0 Å². The van der Waals surface area contributed by atoms with E-state index in [0.717, 1.165) is 38.9 Å². The van der Waals surface area contributed by atoms with Crippen molar-refractivity contribution < 1.29 is 9.47 Å². The van der Waals surface area contributed by atoms with Crippen molar-refractivity contribution in [3.05, 3.63) is 40.0 Å². The van der Waals surface area contributed by atoms with Crippen LogP contribution >= 0.6 is 11.3 Å². The van der Waals surface area contributed by atoms with Gasteiger partial charge < -0.3 is 20.5 Å². The minimum Gasteiger partial charge on any atom is -0.496 e. The SMILES string of the molecule is COc1cccc(OC)c1CNc1nc(CCN)nc2sc(C)c(C)c12. The molecule has 2 aromatic heterocycles. The van der Waals surface area contributed by atoms with Crippen LogP contribution in [0.3, 0.4) is 0 Å². The van der Waals surface area contributed by atoms with Crippen molar-refractivity contribution in [2.75, 3.05) is 26.1 Å². The van der Waals surface area contributed by atoms with Crippen LogP contribution in [0.1, 0.15) is 21.8 Å². The van der Waals surface area contributed by atoms with Gasteiger partial charge in [0.1, 0.15) is 28.0 Å². The molecular weight excluding hydrogens is 348 g/mol. The molecule has 0 atom stereocenters. The van der Waals surface area contributed by atoms with Crippen LogP contribution in [0.2, 0.25) is 0 Å². The number of methoxy groups -OCH3 is 2. The van der Waals surface area contributed by atoms with E-state index >= 15 is 0 Å². The van der Waals surface area contributed by atoms with E-state index in [-0.39, 0.29) is 0 Å². The molecule has 0 spiro atoms. The van der Waals surface area contributed by atoms with E-state index in [4.69, 9.17) is 20.2 Å². The lowest BCUT2D eigenvalue weighted by Crippen LogP contribution is -2.10. The largest absolute Gasteiger partial charge is 0.496 e. The highest BCUT2D eigenvalue weighted by atomic mass is 32.1. The highest BCUT2D eigenvalue weighted by molar-refractivity contribution is 7.18. The molecule has 3 N–H and O–H groups in total. The molecule has 0 bridgehead atoms. The fourth-order valence-corrected chi connectivity index (χ4v) is 3.98. The Balaban J connectivity index is 2.01. The molecule has 0 unspecified atom stereocenters. The first kappa shape index (κ1) is 18.4. The number of nitrogens with zero attached hydrogens (tertiary/aromatic N) is 2. The third-order valence-corrected chi connectivity index (χ3v) is 5.51. The van der Waals surface area contributed by atoms with Gasteiger partial charge in [0, 0.05) is 17.8 Å². The maximum absolute atomic E-state index is 5.70. The van der Waals surface area contributed by atoms with Gasteiger partial charge in [-0.1, -0.05) is 6.07 Å². The quantitative estimate of drug-likeness (QED) is 0.661. The van der Waals surface area contributed by atoms with Crippen molar-refractivity contribution in [3.8, 4) is 11.5 Å². The van der Waals surface area contributed by atoms with E-state index in [1.165, 1.54) is 10.4 Å². The molecule has 0 aliphatic rings. The summed E-state index contributed by atoms with van der Waals surface area (Å²) in [7, 11) is 3.32. The van der Waals surface area contributed by atoms with Gasteiger partial charge >= 0.3 is 0 Å². The Morgan fingerprint density at radius 1 is 1.12 bits per heavy atom. The Morgan fingerprint density at radius 2 is 1.81 bits per heavy atom. The molecule has 7 heteroatoms. The third-order valence-electron chi connectivity index (χ3n) is 4.41. The summed E-state index contributed by atoms with van der Waals surface area (Å²) in [6, 6.07) is 5.76. The molecule has 138 valence electrons. The monoisotopic (exact) mass is 372 g/mol. The number of hydrogen-bond acceptors (Lipinski definition) is 7. The summed E-state index contributed by atoms with van der Waals surface area (Å²) in [5.74, 6) is 3.15. The predicted octanol–water partition coefficient (Wildman–Crippen LogP) is 3.44. The second-order valence-corrected chi connectivity index (χ2v) is 7.19. The summed E-state index contributed by atoms with van der Waals surface area (Å²) < 4.78 is 11.0. The van der Waals surface area contributed by atoms with Gasteiger partial charge in [0.2, 0.25) is 0 Å². The Labute approximate surface area is 157 Å². The first-order valence-electron chi connectivity index (χ1n) is 8.49. The molecule has 26 heavy (non-hydrogen) atoms. The average Bonchev–Trinajstić information content (AvgIpc) is 2.93. The number of benzene rings is 1. The standard InChI is InChI=1S/C19H24N4O2S/c1-11-12(2)26-19-17(11)18(22-16(23-19)8-9-20)21-10-13-14(24-3)6-5-7-15(13)25-4/h5-7H,8-10,20H2,1-4H3,(H,21,22,23). The Bertz CT molecular complexity index is 901. The van der Waals surface area contributed by atoms with Crippen molar-refractivity contribution in [1.29, 1.82) is 0 Å². The zero-order valence-electron chi connectivity index (χ0n) is 15.5. The Kier molecular flexibility index (Phi) is 5.58. The summed E-state index contributed by atoms with van der Waals surface area (Å²) in [6.07, 6.45) is 0.651. The van der Waals surface area contributed by atoms with Crippen molar-refractivity contribution >= 4 is 27.4 Å². The molecule has 1 aromatic carbocycles. The van der Waals surface area contributed by atoms with Crippen LogP contribution in [-0.2, 0) is 13.0 Å². The zero-order chi connectivity index (χ0) is 18.7. The van der Waals surface area contributed by atoms with Gasteiger partial charge in [0.15, 0.2) is 0 Å². The van der Waals surface area contributed by atoms with Crippen LogP contribution < -0.4 is 20.5 Å². The lowest BCUT2D eigenvalue weighted by atomic mass is 10.1. The van der Waals surface area contributed by atoms with Crippen LogP contribution in [0.4, 0.5) is 5.82 Å². The number of aromatic nitrogens is 2. The summed E-state index contributed by atoms with van der Waals surface area (Å²) >= 11 is 1.69. The molecular formula is C19H24N4O2S. The molecule has 0 fully saturated rings. The fraction of sp³-hybridized carbons (Fsp3) is 0.368. The second kappa shape index (κ2) is 7.88. The Morgan fingerprint density at radius 3 is 2.42 bits per heavy atom. The molecule has 0 radical (unpaired) electrons. The normalized spacial score (nSPS) is 11.0. The van der Waals surface area contributed by atoms with E-state index in [0.29, 0.717) is 19.5 Å². The van der Waals surface area contributed by atoms with Crippen LogP contribution in [-0.4, -0.2) is 30.7 Å². The summed E-state index contributed by atoms with van der Waals surface area (Å²) in [4.78, 5) is 11.6. The minimum atomic E-state index is 0.522. The van der Waals surface area contributed by atoms with Crippen LogP contribution in [0.15, 0.2) is 18.2 Å². The number of fused-ring (bicyclic) bond motifs is 1. The zero-order valence-corrected chi connectivity index (χ0v) is 16.4. The molecule has 3 aromatic rings. The molecule has 3 rings (SSSR count). The van der Waals surface area contributed by atoms with Crippen LogP contribution in [0, 0.1) is 13.8 Å². The number of ether oxygens (including phenoxy) is 2. The molecule has 6 nitrogen and oxygen atoms in total. The first-order valence-corrected chi connectivity index (χ1v) is 9.31. The van der Waals surface area contributed by atoms with E-state index in [2.05, 4.69) is 24.1 Å². The molecule has 0 amide bonds. The van der Waals surface area contributed by atoms with Gasteiger partial charge in [-0.05, 0) is 38.1 Å². The van der Waals surface area contributed by atoms with Crippen molar-refractivity contribution in [2.24, 2.45) is 5.73 Å². The highest BCUT2D eigenvalue weighted by Gasteiger charge is 2.16. The topological polar surface area (TPSA) is 82.3 Å². The summed E-state index contributed by atoms with van der Waals surface area (Å²) in [6.45, 7) is 5.27. The van der Waals surface area contributed by atoms with Gasteiger partial charge in [0.05, 0.1) is 25.2 Å². The summed E-state index contributed by atoms with van der Waals surface area (Å²) in [5, 5.41) is 4.53. The summed E-state index contributed by atoms with van der Waals surface area (Å²) in [5.41, 5.74) is 7.86. The van der Waals surface area contributed by atoms with Gasteiger partial charge in [-0.2, -0.15) is 0 Å². The van der Waals surface area contributed by atoms with Crippen molar-refractivity contribution in [1.82, 2.24) is 9.97 Å². The van der Waals surface area contributed by atoms with E-state index in [9.17, 15) is 0 Å². The maximum atomic E-state index is 5.70. The smallest absolute Gasteiger partial charge is 0.139 e. The molecule has 2 heterocycles.